The number of likely N-dealkylation sites (N-methyl/N-ethyl adjacent to an activating group) is 2. The van der Waals surface area contributed by atoms with Crippen LogP contribution in [0.5, 0.6) is 5.75 Å². The molecular formula is C16H27N3O. The fraction of sp³-hybridized carbons (Fsp3) is 0.625. The molecule has 4 heteroatoms. The molecule has 1 unspecified atom stereocenters. The Morgan fingerprint density at radius 3 is 2.35 bits per heavy atom. The van der Waals surface area contributed by atoms with Crippen LogP contribution in [0.1, 0.15) is 37.8 Å². The Bertz CT molecular complexity index is 467. The van der Waals surface area contributed by atoms with Crippen LogP contribution in [-0.4, -0.2) is 43.2 Å². The molecule has 0 aromatic heterocycles. The van der Waals surface area contributed by atoms with Gasteiger partial charge < -0.3 is 20.6 Å². The molecule has 1 saturated carbocycles. The van der Waals surface area contributed by atoms with E-state index in [0.717, 1.165) is 17.8 Å². The second-order valence-electron chi connectivity index (χ2n) is 6.36. The average molecular weight is 277 g/mol. The standard InChI is InChI=1S/C16H27N3O/c1-12(17)14-7-6-13(10-15(14)20)19(4)11-16(18(2)3)8-5-9-16/h6-7,10,12,20H,5,8-9,11,17H2,1-4H3. The summed E-state index contributed by atoms with van der Waals surface area (Å²) in [6, 6.07) is 5.64. The molecule has 0 heterocycles. The number of nitrogens with two attached hydrogens (primary N) is 1. The third kappa shape index (κ3) is 2.76. The second kappa shape index (κ2) is 5.62. The quantitative estimate of drug-likeness (QED) is 0.867. The predicted octanol–water partition coefficient (Wildman–Crippen LogP) is 2.33. The number of aromatic hydroxyl groups is 1. The van der Waals surface area contributed by atoms with Gasteiger partial charge in [-0.2, -0.15) is 0 Å². The summed E-state index contributed by atoms with van der Waals surface area (Å²) in [6.07, 6.45) is 3.80. The minimum absolute atomic E-state index is 0.144. The number of phenols is 1. The minimum atomic E-state index is -0.144. The molecule has 1 aromatic carbocycles. The molecule has 0 radical (unpaired) electrons. The third-order valence-electron chi connectivity index (χ3n) is 4.71. The van der Waals surface area contributed by atoms with Gasteiger partial charge in [0.2, 0.25) is 0 Å². The Kier molecular flexibility index (Phi) is 4.25. The van der Waals surface area contributed by atoms with E-state index < -0.39 is 0 Å². The molecule has 4 nitrogen and oxygen atoms in total. The maximum atomic E-state index is 10.1. The number of anilines is 1. The summed E-state index contributed by atoms with van der Waals surface area (Å²) in [5, 5.41) is 10.1. The highest BCUT2D eigenvalue weighted by molar-refractivity contribution is 5.54. The molecule has 2 rings (SSSR count). The monoisotopic (exact) mass is 277 g/mol. The molecule has 0 amide bonds. The van der Waals surface area contributed by atoms with E-state index in [-0.39, 0.29) is 17.3 Å². The Balaban J connectivity index is 2.13. The van der Waals surface area contributed by atoms with Crippen molar-refractivity contribution in [2.75, 3.05) is 32.6 Å². The molecule has 0 saturated heterocycles. The molecular weight excluding hydrogens is 250 g/mol. The lowest BCUT2D eigenvalue weighted by atomic mass is 9.75. The second-order valence-corrected chi connectivity index (χ2v) is 6.36. The van der Waals surface area contributed by atoms with Gasteiger partial charge in [0, 0.05) is 42.5 Å². The van der Waals surface area contributed by atoms with Crippen molar-refractivity contribution in [1.82, 2.24) is 4.90 Å². The van der Waals surface area contributed by atoms with Gasteiger partial charge in [-0.1, -0.05) is 6.07 Å². The predicted molar refractivity (Wildman–Crippen MR) is 84.2 cm³/mol. The van der Waals surface area contributed by atoms with E-state index in [1.807, 2.05) is 25.1 Å². The molecule has 0 aliphatic heterocycles. The first-order valence-electron chi connectivity index (χ1n) is 7.33. The lowest BCUT2D eigenvalue weighted by Crippen LogP contribution is -2.56. The highest BCUT2D eigenvalue weighted by Crippen LogP contribution is 2.38. The van der Waals surface area contributed by atoms with Crippen LogP contribution in [0.25, 0.3) is 0 Å². The first kappa shape index (κ1) is 15.1. The van der Waals surface area contributed by atoms with Crippen LogP contribution in [0.15, 0.2) is 18.2 Å². The highest BCUT2D eigenvalue weighted by atomic mass is 16.3. The zero-order valence-corrected chi connectivity index (χ0v) is 13.1. The number of nitrogens with zero attached hydrogens (tertiary/aromatic N) is 2. The first-order valence-corrected chi connectivity index (χ1v) is 7.33. The normalized spacial score (nSPS) is 18.7. The van der Waals surface area contributed by atoms with Crippen molar-refractivity contribution in [3.8, 4) is 5.75 Å². The van der Waals surface area contributed by atoms with Gasteiger partial charge in [-0.15, -0.1) is 0 Å². The summed E-state index contributed by atoms with van der Waals surface area (Å²) in [4.78, 5) is 4.56. The smallest absolute Gasteiger partial charge is 0.122 e. The van der Waals surface area contributed by atoms with E-state index in [2.05, 4.69) is 30.9 Å². The van der Waals surface area contributed by atoms with Gasteiger partial charge in [0.05, 0.1) is 0 Å². The van der Waals surface area contributed by atoms with Gasteiger partial charge in [0.15, 0.2) is 0 Å². The molecule has 112 valence electrons. The summed E-state index contributed by atoms with van der Waals surface area (Å²) < 4.78 is 0. The molecule has 1 aliphatic carbocycles. The lowest BCUT2D eigenvalue weighted by molar-refractivity contribution is 0.0683. The zero-order valence-electron chi connectivity index (χ0n) is 13.1. The maximum Gasteiger partial charge on any atom is 0.122 e. The third-order valence-corrected chi connectivity index (χ3v) is 4.71. The fourth-order valence-electron chi connectivity index (χ4n) is 3.02. The molecule has 0 spiro atoms. The fourth-order valence-corrected chi connectivity index (χ4v) is 3.02. The Morgan fingerprint density at radius 1 is 1.30 bits per heavy atom. The molecule has 1 aromatic rings. The molecule has 1 aliphatic rings. The lowest BCUT2D eigenvalue weighted by Gasteiger charge is -2.49. The molecule has 3 N–H and O–H groups in total. The van der Waals surface area contributed by atoms with E-state index in [9.17, 15) is 5.11 Å². The Hall–Kier alpha value is -1.26. The number of hydrogen-bond donors (Lipinski definition) is 2. The van der Waals surface area contributed by atoms with Crippen LogP contribution >= 0.6 is 0 Å². The topological polar surface area (TPSA) is 52.7 Å². The van der Waals surface area contributed by atoms with Crippen molar-refractivity contribution >= 4 is 5.69 Å². The number of rotatable bonds is 5. The van der Waals surface area contributed by atoms with Crippen molar-refractivity contribution < 1.29 is 5.11 Å². The zero-order chi connectivity index (χ0) is 14.9. The summed E-state index contributed by atoms with van der Waals surface area (Å²) >= 11 is 0. The average Bonchev–Trinajstić information content (AvgIpc) is 2.32. The van der Waals surface area contributed by atoms with E-state index in [0.29, 0.717) is 0 Å². The van der Waals surface area contributed by atoms with E-state index >= 15 is 0 Å². The first-order chi connectivity index (χ1) is 9.35. The van der Waals surface area contributed by atoms with Gasteiger partial charge in [0.1, 0.15) is 5.75 Å². The van der Waals surface area contributed by atoms with E-state index in [4.69, 9.17) is 5.73 Å². The van der Waals surface area contributed by atoms with Crippen molar-refractivity contribution in [3.63, 3.8) is 0 Å². The van der Waals surface area contributed by atoms with Crippen LogP contribution < -0.4 is 10.6 Å². The maximum absolute atomic E-state index is 10.1. The summed E-state index contributed by atoms with van der Waals surface area (Å²) in [6.45, 7) is 2.87. The summed E-state index contributed by atoms with van der Waals surface area (Å²) in [5.41, 5.74) is 7.96. The molecule has 20 heavy (non-hydrogen) atoms. The van der Waals surface area contributed by atoms with Crippen LogP contribution in [0.2, 0.25) is 0 Å². The largest absolute Gasteiger partial charge is 0.508 e. The number of benzene rings is 1. The molecule has 0 bridgehead atoms. The van der Waals surface area contributed by atoms with Crippen molar-refractivity contribution in [1.29, 1.82) is 0 Å². The van der Waals surface area contributed by atoms with Crippen LogP contribution in [-0.2, 0) is 0 Å². The summed E-state index contributed by atoms with van der Waals surface area (Å²) in [7, 11) is 6.40. The van der Waals surface area contributed by atoms with Crippen LogP contribution in [0, 0.1) is 0 Å². The van der Waals surface area contributed by atoms with Gasteiger partial charge in [0.25, 0.3) is 0 Å². The molecule has 1 fully saturated rings. The van der Waals surface area contributed by atoms with E-state index in [1.165, 1.54) is 19.3 Å². The summed E-state index contributed by atoms with van der Waals surface area (Å²) in [5.74, 6) is 0.289. The Labute approximate surface area is 122 Å². The SMILES string of the molecule is CC(N)c1ccc(N(C)CC2(N(C)C)CCC2)cc1O. The number of hydrogen-bond acceptors (Lipinski definition) is 4. The van der Waals surface area contributed by atoms with E-state index in [1.54, 1.807) is 0 Å². The van der Waals surface area contributed by atoms with Crippen molar-refractivity contribution in [3.05, 3.63) is 23.8 Å². The van der Waals surface area contributed by atoms with Gasteiger partial charge in [-0.3, -0.25) is 0 Å². The number of phenolic OH excluding ortho intramolecular Hbond substituents is 1. The minimum Gasteiger partial charge on any atom is -0.508 e. The van der Waals surface area contributed by atoms with Gasteiger partial charge in [-0.25, -0.2) is 0 Å². The highest BCUT2D eigenvalue weighted by Gasteiger charge is 2.39. The van der Waals surface area contributed by atoms with Gasteiger partial charge in [-0.05, 0) is 46.3 Å². The van der Waals surface area contributed by atoms with Crippen molar-refractivity contribution in [2.24, 2.45) is 5.73 Å². The van der Waals surface area contributed by atoms with Gasteiger partial charge >= 0.3 is 0 Å². The van der Waals surface area contributed by atoms with Crippen LogP contribution in [0.3, 0.4) is 0 Å². The molecule has 1 atom stereocenters. The van der Waals surface area contributed by atoms with Crippen LogP contribution in [0.4, 0.5) is 5.69 Å². The Morgan fingerprint density at radius 2 is 1.95 bits per heavy atom. The van der Waals surface area contributed by atoms with Crippen molar-refractivity contribution in [2.45, 2.75) is 37.8 Å².